The van der Waals surface area contributed by atoms with Gasteiger partial charge in [0.15, 0.2) is 0 Å². The number of primary amides is 1. The van der Waals surface area contributed by atoms with E-state index in [4.69, 9.17) is 5.73 Å². The van der Waals surface area contributed by atoms with Gasteiger partial charge >= 0.3 is 0 Å². The first kappa shape index (κ1) is 12.3. The Kier molecular flexibility index (Phi) is 3.00. The molecule has 1 saturated carbocycles. The number of benzene rings is 1. The molecule has 1 saturated heterocycles. The molecule has 0 aromatic heterocycles. The van der Waals surface area contributed by atoms with E-state index in [1.54, 1.807) is 0 Å². The summed E-state index contributed by atoms with van der Waals surface area (Å²) in [5.41, 5.74) is 7.85. The van der Waals surface area contributed by atoms with Crippen LogP contribution in [-0.2, 0) is 0 Å². The monoisotopic (exact) mass is 356 g/mol. The van der Waals surface area contributed by atoms with Crippen molar-refractivity contribution < 1.29 is 4.79 Å². The van der Waals surface area contributed by atoms with E-state index in [0.717, 1.165) is 22.3 Å². The molecule has 0 unspecified atom stereocenters. The molecular formula is C14H17IN2O. The molecule has 18 heavy (non-hydrogen) atoms. The van der Waals surface area contributed by atoms with Crippen molar-refractivity contribution in [3.63, 3.8) is 0 Å². The first-order chi connectivity index (χ1) is 8.61. The highest BCUT2D eigenvalue weighted by atomic mass is 127. The lowest BCUT2D eigenvalue weighted by molar-refractivity contribution is 0.100. The number of nitrogens with two attached hydrogens (primary N) is 1. The molecule has 0 bridgehead atoms. The second-order valence-corrected chi connectivity index (χ2v) is 6.65. The zero-order valence-corrected chi connectivity index (χ0v) is 12.4. The number of amides is 1. The van der Waals surface area contributed by atoms with Crippen molar-refractivity contribution in [1.82, 2.24) is 0 Å². The predicted molar refractivity (Wildman–Crippen MR) is 80.8 cm³/mol. The van der Waals surface area contributed by atoms with E-state index >= 15 is 0 Å². The van der Waals surface area contributed by atoms with Gasteiger partial charge in [-0.15, -0.1) is 0 Å². The van der Waals surface area contributed by atoms with Crippen molar-refractivity contribution in [2.75, 3.05) is 18.0 Å². The maximum Gasteiger partial charge on any atom is 0.250 e. The van der Waals surface area contributed by atoms with Crippen molar-refractivity contribution in [3.05, 3.63) is 27.3 Å². The first-order valence-corrected chi connectivity index (χ1v) is 7.52. The van der Waals surface area contributed by atoms with Gasteiger partial charge in [-0.05, 0) is 65.8 Å². The molecule has 1 heterocycles. The Morgan fingerprint density at radius 3 is 2.44 bits per heavy atom. The summed E-state index contributed by atoms with van der Waals surface area (Å²) in [6.45, 7) is 2.11. The predicted octanol–water partition coefficient (Wildman–Crippen LogP) is 2.77. The molecular weight excluding hydrogens is 339 g/mol. The van der Waals surface area contributed by atoms with Gasteiger partial charge in [-0.3, -0.25) is 4.79 Å². The van der Waals surface area contributed by atoms with E-state index < -0.39 is 0 Å². The zero-order chi connectivity index (χ0) is 12.8. The molecule has 1 amide bonds. The number of rotatable bonds is 2. The number of halogens is 1. The van der Waals surface area contributed by atoms with Crippen molar-refractivity contribution in [2.24, 2.45) is 11.1 Å². The highest BCUT2D eigenvalue weighted by Crippen LogP contribution is 2.54. The van der Waals surface area contributed by atoms with Gasteiger partial charge in [0.25, 0.3) is 5.91 Å². The average molecular weight is 356 g/mol. The van der Waals surface area contributed by atoms with Gasteiger partial charge in [0.2, 0.25) is 0 Å². The topological polar surface area (TPSA) is 46.3 Å². The van der Waals surface area contributed by atoms with Gasteiger partial charge in [0.1, 0.15) is 0 Å². The molecule has 1 spiro atoms. The van der Waals surface area contributed by atoms with Crippen LogP contribution in [-0.4, -0.2) is 19.0 Å². The Morgan fingerprint density at radius 1 is 1.22 bits per heavy atom. The fraction of sp³-hybridized carbons (Fsp3) is 0.500. The molecule has 1 aliphatic carbocycles. The molecule has 3 rings (SSSR count). The Balaban J connectivity index is 1.89. The summed E-state index contributed by atoms with van der Waals surface area (Å²) in [6, 6.07) is 5.78. The number of hydrogen-bond donors (Lipinski definition) is 1. The maximum atomic E-state index is 11.5. The number of carbonyl (C=O) groups excluding carboxylic acids is 1. The SMILES string of the molecule is NC(=O)c1cccc(I)c1N1CCC2(CC1)CC2. The van der Waals surface area contributed by atoms with Crippen LogP contribution in [0.1, 0.15) is 36.0 Å². The molecule has 2 fully saturated rings. The van der Waals surface area contributed by atoms with Crippen molar-refractivity contribution in [2.45, 2.75) is 25.7 Å². The minimum Gasteiger partial charge on any atom is -0.370 e. The van der Waals surface area contributed by atoms with Gasteiger partial charge in [0, 0.05) is 16.7 Å². The average Bonchev–Trinajstić information content (AvgIpc) is 3.10. The van der Waals surface area contributed by atoms with Gasteiger partial charge < -0.3 is 10.6 Å². The highest BCUT2D eigenvalue weighted by molar-refractivity contribution is 14.1. The summed E-state index contributed by atoms with van der Waals surface area (Å²) in [4.78, 5) is 13.9. The fourth-order valence-corrected chi connectivity index (χ4v) is 3.76. The number of piperidine rings is 1. The van der Waals surface area contributed by atoms with E-state index in [9.17, 15) is 4.79 Å². The van der Waals surface area contributed by atoms with Crippen molar-refractivity contribution in [3.8, 4) is 0 Å². The second kappa shape index (κ2) is 4.40. The van der Waals surface area contributed by atoms with Crippen LogP contribution in [0.5, 0.6) is 0 Å². The molecule has 1 aromatic rings. The molecule has 2 aliphatic rings. The summed E-state index contributed by atoms with van der Waals surface area (Å²) >= 11 is 2.30. The van der Waals surface area contributed by atoms with Gasteiger partial charge in [-0.1, -0.05) is 6.07 Å². The number of anilines is 1. The Hall–Kier alpha value is -0.780. The van der Waals surface area contributed by atoms with Crippen LogP contribution < -0.4 is 10.6 Å². The summed E-state index contributed by atoms with van der Waals surface area (Å²) in [7, 11) is 0. The van der Waals surface area contributed by atoms with Crippen LogP contribution in [0.3, 0.4) is 0 Å². The molecule has 2 N–H and O–H groups in total. The molecule has 0 radical (unpaired) electrons. The largest absolute Gasteiger partial charge is 0.370 e. The lowest BCUT2D eigenvalue weighted by atomic mass is 9.93. The smallest absolute Gasteiger partial charge is 0.250 e. The van der Waals surface area contributed by atoms with Gasteiger partial charge in [-0.2, -0.15) is 0 Å². The minimum atomic E-state index is -0.324. The summed E-state index contributed by atoms with van der Waals surface area (Å²) in [6.07, 6.45) is 5.32. The van der Waals surface area contributed by atoms with Crippen LogP contribution in [0.15, 0.2) is 18.2 Å². The number of nitrogens with zero attached hydrogens (tertiary/aromatic N) is 1. The van der Waals surface area contributed by atoms with Crippen LogP contribution >= 0.6 is 22.6 Å². The molecule has 1 aliphatic heterocycles. The zero-order valence-electron chi connectivity index (χ0n) is 10.3. The quantitative estimate of drug-likeness (QED) is 0.829. The van der Waals surface area contributed by atoms with Crippen LogP contribution in [0.2, 0.25) is 0 Å². The normalized spacial score (nSPS) is 21.1. The van der Waals surface area contributed by atoms with Crippen LogP contribution in [0.4, 0.5) is 5.69 Å². The van der Waals surface area contributed by atoms with Crippen molar-refractivity contribution >= 4 is 34.2 Å². The maximum absolute atomic E-state index is 11.5. The van der Waals surface area contributed by atoms with Gasteiger partial charge in [0.05, 0.1) is 11.3 Å². The third-order valence-electron chi connectivity index (χ3n) is 4.35. The Bertz CT molecular complexity index is 487. The number of para-hydroxylation sites is 1. The summed E-state index contributed by atoms with van der Waals surface area (Å²) in [5, 5.41) is 0. The van der Waals surface area contributed by atoms with E-state index in [2.05, 4.69) is 27.5 Å². The van der Waals surface area contributed by atoms with Crippen LogP contribution in [0.25, 0.3) is 0 Å². The first-order valence-electron chi connectivity index (χ1n) is 6.45. The lowest BCUT2D eigenvalue weighted by Crippen LogP contribution is -2.36. The minimum absolute atomic E-state index is 0.324. The molecule has 0 atom stereocenters. The third-order valence-corrected chi connectivity index (χ3v) is 5.22. The number of hydrogen-bond acceptors (Lipinski definition) is 2. The third kappa shape index (κ3) is 2.11. The summed E-state index contributed by atoms with van der Waals surface area (Å²) < 4.78 is 1.12. The second-order valence-electron chi connectivity index (χ2n) is 5.49. The fourth-order valence-electron chi connectivity index (χ4n) is 2.92. The Labute approximate surface area is 121 Å². The Morgan fingerprint density at radius 2 is 1.89 bits per heavy atom. The molecule has 96 valence electrons. The lowest BCUT2D eigenvalue weighted by Gasteiger charge is -2.35. The van der Waals surface area contributed by atoms with E-state index in [1.165, 1.54) is 25.7 Å². The van der Waals surface area contributed by atoms with Gasteiger partial charge in [-0.25, -0.2) is 0 Å². The van der Waals surface area contributed by atoms with Crippen LogP contribution in [0, 0.1) is 8.99 Å². The van der Waals surface area contributed by atoms with E-state index in [-0.39, 0.29) is 5.91 Å². The molecule has 3 nitrogen and oxygen atoms in total. The standard InChI is InChI=1S/C14H17IN2O/c15-11-3-1-2-10(13(16)18)12(11)17-8-6-14(4-5-14)7-9-17/h1-3H,4-9H2,(H2,16,18). The van der Waals surface area contributed by atoms with Crippen molar-refractivity contribution in [1.29, 1.82) is 0 Å². The number of carbonyl (C=O) groups is 1. The highest BCUT2D eigenvalue weighted by Gasteiger charge is 2.44. The summed E-state index contributed by atoms with van der Waals surface area (Å²) in [5.74, 6) is -0.324. The molecule has 1 aromatic carbocycles. The molecule has 4 heteroatoms. The van der Waals surface area contributed by atoms with E-state index in [0.29, 0.717) is 11.0 Å². The van der Waals surface area contributed by atoms with E-state index in [1.807, 2.05) is 18.2 Å².